The van der Waals surface area contributed by atoms with Gasteiger partial charge >= 0.3 is 0 Å². The average molecular weight is 361 g/mol. The number of rotatable bonds is 2. The maximum atomic E-state index is 3.61. The van der Waals surface area contributed by atoms with Gasteiger partial charge in [0.1, 0.15) is 0 Å². The van der Waals surface area contributed by atoms with E-state index in [9.17, 15) is 0 Å². The van der Waals surface area contributed by atoms with Gasteiger partial charge in [-0.15, -0.1) is 0 Å². The van der Waals surface area contributed by atoms with Crippen molar-refractivity contribution in [2.75, 3.05) is 0 Å². The van der Waals surface area contributed by atoms with E-state index >= 15 is 0 Å². The summed E-state index contributed by atoms with van der Waals surface area (Å²) in [5.74, 6) is 0. The van der Waals surface area contributed by atoms with E-state index < -0.39 is 0 Å². The summed E-state index contributed by atoms with van der Waals surface area (Å²) in [5.41, 5.74) is 8.50. The second kappa shape index (κ2) is 10.7. The fourth-order valence-corrected chi connectivity index (χ4v) is 3.22. The van der Waals surface area contributed by atoms with E-state index in [-0.39, 0.29) is 5.41 Å². The Kier molecular flexibility index (Phi) is 9.02. The van der Waals surface area contributed by atoms with Crippen LogP contribution in [-0.2, 0) is 5.41 Å². The van der Waals surface area contributed by atoms with Gasteiger partial charge in [-0.05, 0) is 56.4 Å². The Bertz CT molecular complexity index is 797. The molecule has 1 aliphatic rings. The van der Waals surface area contributed by atoms with Crippen LogP contribution in [0, 0.1) is 6.92 Å². The molecule has 0 saturated heterocycles. The van der Waals surface area contributed by atoms with Crippen LogP contribution < -0.4 is 0 Å². The zero-order valence-corrected chi connectivity index (χ0v) is 18.3. The van der Waals surface area contributed by atoms with Crippen LogP contribution in [0.3, 0.4) is 0 Å². The molecule has 0 nitrogen and oxygen atoms in total. The second-order valence-corrected chi connectivity index (χ2v) is 7.45. The normalized spacial score (nSPS) is 13.7. The summed E-state index contributed by atoms with van der Waals surface area (Å²) >= 11 is 0. The highest BCUT2D eigenvalue weighted by Gasteiger charge is 2.34. The van der Waals surface area contributed by atoms with Gasteiger partial charge in [-0.25, -0.2) is 0 Å². The Morgan fingerprint density at radius 1 is 0.963 bits per heavy atom. The maximum Gasteiger partial charge on any atom is 0.0158 e. The lowest BCUT2D eigenvalue weighted by Gasteiger charge is -2.21. The van der Waals surface area contributed by atoms with Crippen molar-refractivity contribution in [3.63, 3.8) is 0 Å². The molecule has 0 saturated carbocycles. The van der Waals surface area contributed by atoms with Crippen molar-refractivity contribution >= 4 is 0 Å². The molecule has 2 aromatic carbocycles. The third-order valence-electron chi connectivity index (χ3n) is 4.92. The van der Waals surface area contributed by atoms with Crippen molar-refractivity contribution in [3.05, 3.63) is 95.6 Å². The first-order valence-corrected chi connectivity index (χ1v) is 9.90. The predicted octanol–water partition coefficient (Wildman–Crippen LogP) is 8.41. The smallest absolute Gasteiger partial charge is 0.0158 e. The molecule has 0 bridgehead atoms. The highest BCUT2D eigenvalue weighted by Crippen LogP contribution is 2.48. The van der Waals surface area contributed by atoms with Crippen molar-refractivity contribution in [2.24, 2.45) is 0 Å². The Labute approximate surface area is 167 Å². The van der Waals surface area contributed by atoms with Gasteiger partial charge in [0.15, 0.2) is 0 Å². The van der Waals surface area contributed by atoms with Crippen molar-refractivity contribution in [3.8, 4) is 11.1 Å². The van der Waals surface area contributed by atoms with Crippen molar-refractivity contribution in [2.45, 2.75) is 60.3 Å². The van der Waals surface area contributed by atoms with Gasteiger partial charge in [0.2, 0.25) is 0 Å². The summed E-state index contributed by atoms with van der Waals surface area (Å²) in [6.45, 7) is 18.6. The number of hydrogen-bond donors (Lipinski definition) is 0. The van der Waals surface area contributed by atoms with Crippen molar-refractivity contribution < 1.29 is 0 Å². The molecular weight excluding hydrogens is 324 g/mol. The summed E-state index contributed by atoms with van der Waals surface area (Å²) in [6, 6.07) is 15.6. The van der Waals surface area contributed by atoms with Gasteiger partial charge in [-0.2, -0.15) is 0 Å². The molecule has 0 aliphatic heterocycles. The Morgan fingerprint density at radius 2 is 1.56 bits per heavy atom. The summed E-state index contributed by atoms with van der Waals surface area (Å²) in [5, 5.41) is 0. The molecule has 27 heavy (non-hydrogen) atoms. The standard InChI is InChI=1S/C16H16.C7H12.C4H8/c1-11-8-9-13-12-6-4-5-7-14(12)16(2,3)15(13)10-11;1-4-6-7(3)5-2;1-3-4-2/h4-10H,1-3H3;5-6H,2,4H2,1,3H3;3-4H,1-2H3/b;7-6+;4-3-. The first kappa shape index (κ1) is 22.7. The molecule has 0 heteroatoms. The monoisotopic (exact) mass is 360 g/mol. The summed E-state index contributed by atoms with van der Waals surface area (Å²) in [7, 11) is 0. The molecule has 144 valence electrons. The second-order valence-electron chi connectivity index (χ2n) is 7.45. The minimum absolute atomic E-state index is 0.151. The van der Waals surface area contributed by atoms with Gasteiger partial charge in [0, 0.05) is 5.41 Å². The predicted molar refractivity (Wildman–Crippen MR) is 123 cm³/mol. The fraction of sp³-hybridized carbons (Fsp3) is 0.333. The summed E-state index contributed by atoms with van der Waals surface area (Å²) < 4.78 is 0. The number of hydrogen-bond acceptors (Lipinski definition) is 0. The maximum absolute atomic E-state index is 3.61. The fourth-order valence-electron chi connectivity index (χ4n) is 3.22. The minimum atomic E-state index is 0.151. The molecule has 3 rings (SSSR count). The molecule has 0 radical (unpaired) electrons. The van der Waals surface area contributed by atoms with Crippen LogP contribution >= 0.6 is 0 Å². The lowest BCUT2D eigenvalue weighted by atomic mass is 9.82. The van der Waals surface area contributed by atoms with E-state index in [4.69, 9.17) is 0 Å². The first-order valence-electron chi connectivity index (χ1n) is 9.90. The molecule has 0 N–H and O–H groups in total. The van der Waals surface area contributed by atoms with E-state index in [1.165, 1.54) is 33.4 Å². The largest absolute Gasteiger partial charge is 0.0988 e. The third-order valence-corrected chi connectivity index (χ3v) is 4.92. The van der Waals surface area contributed by atoms with Crippen LogP contribution in [0.2, 0.25) is 0 Å². The number of allylic oxidation sites excluding steroid dienone is 5. The highest BCUT2D eigenvalue weighted by molar-refractivity contribution is 5.80. The Hall–Kier alpha value is -2.34. The SMILES string of the molecule is C/C=C\C.C=C/C(C)=C/CC.Cc1ccc2c(c1)C(C)(C)c1ccccc1-2. The van der Waals surface area contributed by atoms with Crippen LogP contribution in [0.1, 0.15) is 64.7 Å². The van der Waals surface area contributed by atoms with E-state index in [2.05, 4.69) is 89.7 Å². The van der Waals surface area contributed by atoms with Crippen molar-refractivity contribution in [1.29, 1.82) is 0 Å². The number of aryl methyl sites for hydroxylation is 1. The van der Waals surface area contributed by atoms with Gasteiger partial charge in [0.05, 0.1) is 0 Å². The zero-order chi connectivity index (χ0) is 20.4. The minimum Gasteiger partial charge on any atom is -0.0988 e. The molecule has 1 aliphatic carbocycles. The van der Waals surface area contributed by atoms with Crippen LogP contribution in [0.25, 0.3) is 11.1 Å². The average Bonchev–Trinajstić information content (AvgIpc) is 2.90. The molecule has 0 atom stereocenters. The number of benzene rings is 2. The zero-order valence-electron chi connectivity index (χ0n) is 18.3. The van der Waals surface area contributed by atoms with E-state index in [1.807, 2.05) is 32.1 Å². The number of fused-ring (bicyclic) bond motifs is 3. The van der Waals surface area contributed by atoms with Crippen LogP contribution in [0.4, 0.5) is 0 Å². The van der Waals surface area contributed by atoms with Crippen LogP contribution in [-0.4, -0.2) is 0 Å². The molecule has 0 fully saturated rings. The third kappa shape index (κ3) is 5.82. The Balaban J connectivity index is 0.000000279. The molecule has 0 unspecified atom stereocenters. The summed E-state index contributed by atoms with van der Waals surface area (Å²) in [6.07, 6.45) is 9.12. The molecule has 0 spiro atoms. The molecular formula is C27H36. The quantitative estimate of drug-likeness (QED) is 0.372. The van der Waals surface area contributed by atoms with E-state index in [0.717, 1.165) is 6.42 Å². The molecule has 0 amide bonds. The molecule has 2 aromatic rings. The van der Waals surface area contributed by atoms with Gasteiger partial charge in [0.25, 0.3) is 0 Å². The van der Waals surface area contributed by atoms with Crippen molar-refractivity contribution in [1.82, 2.24) is 0 Å². The lowest BCUT2D eigenvalue weighted by molar-refractivity contribution is 0.660. The van der Waals surface area contributed by atoms with Gasteiger partial charge in [-0.3, -0.25) is 0 Å². The molecule has 0 heterocycles. The lowest BCUT2D eigenvalue weighted by Crippen LogP contribution is -2.14. The Morgan fingerprint density at radius 3 is 2.07 bits per heavy atom. The first-order chi connectivity index (χ1) is 12.8. The van der Waals surface area contributed by atoms with E-state index in [0.29, 0.717) is 0 Å². The van der Waals surface area contributed by atoms with Gasteiger partial charge < -0.3 is 0 Å². The summed E-state index contributed by atoms with van der Waals surface area (Å²) in [4.78, 5) is 0. The highest BCUT2D eigenvalue weighted by atomic mass is 14.4. The molecule has 0 aromatic heterocycles. The van der Waals surface area contributed by atoms with Gasteiger partial charge in [-0.1, -0.05) is 105 Å². The van der Waals surface area contributed by atoms with Crippen LogP contribution in [0.5, 0.6) is 0 Å². The van der Waals surface area contributed by atoms with Crippen LogP contribution in [0.15, 0.2) is 78.9 Å². The topological polar surface area (TPSA) is 0 Å². The van der Waals surface area contributed by atoms with E-state index in [1.54, 1.807) is 0 Å².